The fourth-order valence-corrected chi connectivity index (χ4v) is 4.80. The van der Waals surface area contributed by atoms with E-state index in [1.54, 1.807) is 0 Å². The molecule has 0 bridgehead atoms. The van der Waals surface area contributed by atoms with Gasteiger partial charge < -0.3 is 15.5 Å². The highest BCUT2D eigenvalue weighted by atomic mass is 16.3. The minimum atomic E-state index is -0.437. The lowest BCUT2D eigenvalue weighted by atomic mass is 9.87. The molecule has 2 aliphatic carbocycles. The van der Waals surface area contributed by atoms with Crippen molar-refractivity contribution in [3.05, 3.63) is 23.8 Å². The van der Waals surface area contributed by atoms with E-state index in [1.807, 2.05) is 12.3 Å². The smallest absolute Gasteiger partial charge is 0.133 e. The van der Waals surface area contributed by atoms with Crippen molar-refractivity contribution in [3.63, 3.8) is 0 Å². The summed E-state index contributed by atoms with van der Waals surface area (Å²) in [6, 6.07) is 2.22. The van der Waals surface area contributed by atoms with Gasteiger partial charge in [-0.1, -0.05) is 40.0 Å². The summed E-state index contributed by atoms with van der Waals surface area (Å²) in [4.78, 5) is 9.21. The van der Waals surface area contributed by atoms with E-state index in [2.05, 4.69) is 31.1 Å². The summed E-state index contributed by atoms with van der Waals surface area (Å²) in [5.74, 6) is 1.74. The van der Waals surface area contributed by atoms with Crippen molar-refractivity contribution >= 4 is 0 Å². The van der Waals surface area contributed by atoms with Crippen LogP contribution in [0.25, 0.3) is 0 Å². The van der Waals surface area contributed by atoms with Gasteiger partial charge in [-0.3, -0.25) is 0 Å². The average molecular weight is 376 g/mol. The van der Waals surface area contributed by atoms with Crippen LogP contribution in [0.4, 0.5) is 0 Å². The first kappa shape index (κ1) is 20.7. The fourth-order valence-electron chi connectivity index (χ4n) is 4.80. The lowest BCUT2D eigenvalue weighted by Gasteiger charge is -2.28. The minimum absolute atomic E-state index is 0.0324. The van der Waals surface area contributed by atoms with Crippen molar-refractivity contribution < 1.29 is 10.2 Å². The molecule has 1 heterocycles. The topological polar surface area (TPSA) is 78.3 Å². The van der Waals surface area contributed by atoms with E-state index in [9.17, 15) is 10.2 Å². The molecule has 4 atom stereocenters. The van der Waals surface area contributed by atoms with E-state index in [4.69, 9.17) is 4.98 Å². The predicted octanol–water partition coefficient (Wildman–Crippen LogP) is 2.84. The molecule has 0 aromatic carbocycles. The number of aromatic nitrogens is 2. The van der Waals surface area contributed by atoms with Gasteiger partial charge >= 0.3 is 0 Å². The third kappa shape index (κ3) is 5.27. The SMILES string of the molecule is CC(C)(C)c1nccc(CC2C(NCC3CCCCC3)CC(O)C2CO)n1. The number of rotatable bonds is 6. The number of hydrogen-bond acceptors (Lipinski definition) is 5. The molecule has 1 aromatic rings. The van der Waals surface area contributed by atoms with Crippen LogP contribution >= 0.6 is 0 Å². The van der Waals surface area contributed by atoms with Crippen LogP contribution in [0, 0.1) is 17.8 Å². The van der Waals surface area contributed by atoms with Crippen molar-refractivity contribution in [3.8, 4) is 0 Å². The van der Waals surface area contributed by atoms with Crippen LogP contribution in [0.3, 0.4) is 0 Å². The van der Waals surface area contributed by atoms with E-state index in [-0.39, 0.29) is 29.9 Å². The van der Waals surface area contributed by atoms with Gasteiger partial charge in [-0.15, -0.1) is 0 Å². The summed E-state index contributed by atoms with van der Waals surface area (Å²) in [7, 11) is 0. The largest absolute Gasteiger partial charge is 0.396 e. The van der Waals surface area contributed by atoms with Crippen molar-refractivity contribution in [2.75, 3.05) is 13.2 Å². The highest BCUT2D eigenvalue weighted by Gasteiger charge is 2.42. The Hall–Kier alpha value is -1.04. The first-order chi connectivity index (χ1) is 12.9. The second-order valence-corrected chi connectivity index (χ2v) is 9.66. The standard InChI is InChI=1S/C22H37N3O2/c1-22(2,3)21-23-10-9-16(25-21)11-17-18(14-26)20(27)12-19(17)24-13-15-7-5-4-6-8-15/h9-10,15,17-20,24,26-27H,4-8,11-14H2,1-3H3. The monoisotopic (exact) mass is 375 g/mol. The summed E-state index contributed by atoms with van der Waals surface area (Å²) in [5, 5.41) is 24.1. The Labute approximate surface area is 164 Å². The summed E-state index contributed by atoms with van der Waals surface area (Å²) in [6.45, 7) is 7.43. The van der Waals surface area contributed by atoms with Gasteiger partial charge in [-0.2, -0.15) is 0 Å². The molecule has 5 heteroatoms. The van der Waals surface area contributed by atoms with Gasteiger partial charge in [0.1, 0.15) is 5.82 Å². The van der Waals surface area contributed by atoms with Crippen LogP contribution in [-0.2, 0) is 11.8 Å². The number of nitrogens with one attached hydrogen (secondary N) is 1. The number of aliphatic hydroxyl groups is 2. The summed E-state index contributed by atoms with van der Waals surface area (Å²) in [5.41, 5.74) is 0.928. The van der Waals surface area contributed by atoms with Crippen LogP contribution in [0.15, 0.2) is 12.3 Å². The Morgan fingerprint density at radius 2 is 1.89 bits per heavy atom. The molecule has 1 aromatic heterocycles. The molecule has 3 rings (SSSR count). The second-order valence-electron chi connectivity index (χ2n) is 9.66. The molecule has 0 aliphatic heterocycles. The lowest BCUT2D eigenvalue weighted by molar-refractivity contribution is 0.0715. The molecule has 2 aliphatic rings. The zero-order chi connectivity index (χ0) is 19.4. The first-order valence-electron chi connectivity index (χ1n) is 10.7. The van der Waals surface area contributed by atoms with Gasteiger partial charge in [-0.05, 0) is 50.1 Å². The van der Waals surface area contributed by atoms with Crippen molar-refractivity contribution in [2.45, 2.75) is 83.3 Å². The van der Waals surface area contributed by atoms with Gasteiger partial charge in [0.2, 0.25) is 0 Å². The Kier molecular flexibility index (Phi) is 6.88. The normalized spacial score (nSPS) is 30.0. The molecule has 152 valence electrons. The molecule has 0 radical (unpaired) electrons. The first-order valence-corrected chi connectivity index (χ1v) is 10.7. The van der Waals surface area contributed by atoms with Crippen molar-refractivity contribution in [1.29, 1.82) is 0 Å². The van der Waals surface area contributed by atoms with Gasteiger partial charge in [-0.25, -0.2) is 9.97 Å². The Bertz CT molecular complexity index is 595. The van der Waals surface area contributed by atoms with Gasteiger partial charge in [0.05, 0.1) is 6.10 Å². The minimum Gasteiger partial charge on any atom is -0.396 e. The molecule has 2 saturated carbocycles. The maximum atomic E-state index is 10.5. The molecule has 5 nitrogen and oxygen atoms in total. The molecular weight excluding hydrogens is 338 g/mol. The van der Waals surface area contributed by atoms with Gasteiger partial charge in [0, 0.05) is 35.9 Å². The van der Waals surface area contributed by atoms with Crippen LogP contribution in [0.5, 0.6) is 0 Å². The van der Waals surface area contributed by atoms with E-state index >= 15 is 0 Å². The average Bonchev–Trinajstić information content (AvgIpc) is 2.95. The molecule has 3 N–H and O–H groups in total. The Morgan fingerprint density at radius 3 is 2.56 bits per heavy atom. The number of aliphatic hydroxyl groups excluding tert-OH is 2. The van der Waals surface area contributed by atoms with Gasteiger partial charge in [0.15, 0.2) is 0 Å². The molecular formula is C22H37N3O2. The van der Waals surface area contributed by atoms with Crippen LogP contribution < -0.4 is 5.32 Å². The van der Waals surface area contributed by atoms with Gasteiger partial charge in [0.25, 0.3) is 0 Å². The zero-order valence-electron chi connectivity index (χ0n) is 17.2. The van der Waals surface area contributed by atoms with E-state index in [1.165, 1.54) is 32.1 Å². The van der Waals surface area contributed by atoms with Crippen LogP contribution in [0.1, 0.15) is 70.8 Å². The van der Waals surface area contributed by atoms with Crippen LogP contribution in [0.2, 0.25) is 0 Å². The molecule has 27 heavy (non-hydrogen) atoms. The van der Waals surface area contributed by atoms with E-state index in [0.29, 0.717) is 0 Å². The molecule has 4 unspecified atom stereocenters. The summed E-state index contributed by atoms with van der Waals surface area (Å²) < 4.78 is 0. The maximum Gasteiger partial charge on any atom is 0.133 e. The van der Waals surface area contributed by atoms with Crippen molar-refractivity contribution in [2.24, 2.45) is 17.8 Å². The second kappa shape index (κ2) is 8.97. The van der Waals surface area contributed by atoms with E-state index < -0.39 is 6.10 Å². The Morgan fingerprint density at radius 1 is 1.15 bits per heavy atom. The van der Waals surface area contributed by atoms with E-state index in [0.717, 1.165) is 36.8 Å². The third-order valence-corrected chi connectivity index (χ3v) is 6.49. The number of nitrogens with zero attached hydrogens (tertiary/aromatic N) is 2. The fraction of sp³-hybridized carbons (Fsp3) is 0.818. The van der Waals surface area contributed by atoms with Crippen molar-refractivity contribution in [1.82, 2.24) is 15.3 Å². The summed E-state index contributed by atoms with van der Waals surface area (Å²) >= 11 is 0. The quantitative estimate of drug-likeness (QED) is 0.713. The highest BCUT2D eigenvalue weighted by molar-refractivity contribution is 5.11. The zero-order valence-corrected chi connectivity index (χ0v) is 17.2. The lowest BCUT2D eigenvalue weighted by Crippen LogP contribution is -2.39. The summed E-state index contributed by atoms with van der Waals surface area (Å²) in [6.07, 6.45) is 9.60. The highest BCUT2D eigenvalue weighted by Crippen LogP contribution is 2.35. The number of hydrogen-bond donors (Lipinski definition) is 3. The molecule has 2 fully saturated rings. The molecule has 0 saturated heterocycles. The predicted molar refractivity (Wildman–Crippen MR) is 107 cm³/mol. The molecule has 0 amide bonds. The molecule has 0 spiro atoms. The van der Waals surface area contributed by atoms with Crippen LogP contribution in [-0.4, -0.2) is 45.5 Å². The maximum absolute atomic E-state index is 10.5. The Balaban J connectivity index is 1.69. The third-order valence-electron chi connectivity index (χ3n) is 6.49.